The highest BCUT2D eigenvalue weighted by Crippen LogP contribution is 2.19. The second-order valence-corrected chi connectivity index (χ2v) is 2.47. The summed E-state index contributed by atoms with van der Waals surface area (Å²) in [6, 6.07) is 1.47. The molecule has 0 amide bonds. The molecule has 1 rings (SSSR count). The number of carboxylic acids is 2. The minimum atomic E-state index is -1.82. The molecule has 9 heteroatoms. The van der Waals surface area contributed by atoms with Gasteiger partial charge in [-0.3, -0.25) is 5.84 Å². The molecular weight excluding hydrogens is 245 g/mol. The number of carboxylic acid groups (broad SMARTS) is 2. The first-order chi connectivity index (χ1) is 7.81. The Morgan fingerprint density at radius 3 is 1.76 bits per heavy atom. The molecule has 17 heavy (non-hydrogen) atoms. The lowest BCUT2D eigenvalue weighted by atomic mass is 10.3. The normalized spacial score (nSPS) is 8.94. The van der Waals surface area contributed by atoms with Crippen LogP contribution in [0.5, 0.6) is 0 Å². The summed E-state index contributed by atoms with van der Waals surface area (Å²) in [6.07, 6.45) is 0. The Balaban J connectivity index is 0.000000366. The van der Waals surface area contributed by atoms with Gasteiger partial charge >= 0.3 is 11.9 Å². The molecule has 0 aliphatic carbocycles. The Morgan fingerprint density at radius 1 is 1.06 bits per heavy atom. The summed E-state index contributed by atoms with van der Waals surface area (Å²) < 4.78 is 37.3. The van der Waals surface area contributed by atoms with Crippen molar-refractivity contribution >= 4 is 17.6 Å². The van der Waals surface area contributed by atoms with Gasteiger partial charge in [0, 0.05) is 0 Å². The van der Waals surface area contributed by atoms with E-state index in [4.69, 9.17) is 25.6 Å². The summed E-state index contributed by atoms with van der Waals surface area (Å²) in [7, 11) is 0. The molecule has 94 valence electrons. The van der Waals surface area contributed by atoms with E-state index in [0.717, 1.165) is 6.07 Å². The Labute approximate surface area is 92.4 Å². The molecule has 1 aromatic rings. The minimum Gasteiger partial charge on any atom is -0.473 e. The summed E-state index contributed by atoms with van der Waals surface area (Å²) in [4.78, 5) is 18.2. The van der Waals surface area contributed by atoms with Crippen molar-refractivity contribution < 1.29 is 33.0 Å². The summed E-state index contributed by atoms with van der Waals surface area (Å²) in [5.74, 6) is -2.30. The summed E-state index contributed by atoms with van der Waals surface area (Å²) in [5.41, 5.74) is 1.05. The maximum Gasteiger partial charge on any atom is 0.414 e. The van der Waals surface area contributed by atoms with Crippen LogP contribution in [0, 0.1) is 17.5 Å². The number of hydrogen-bond acceptors (Lipinski definition) is 4. The highest BCUT2D eigenvalue weighted by atomic mass is 19.2. The van der Waals surface area contributed by atoms with Crippen LogP contribution in [0.2, 0.25) is 0 Å². The van der Waals surface area contributed by atoms with E-state index < -0.39 is 35.1 Å². The predicted molar refractivity (Wildman–Crippen MR) is 49.4 cm³/mol. The molecule has 0 heterocycles. The first kappa shape index (κ1) is 14.7. The molecule has 6 nitrogen and oxygen atoms in total. The Hall–Kier alpha value is -2.29. The van der Waals surface area contributed by atoms with Gasteiger partial charge in [-0.15, -0.1) is 0 Å². The Bertz CT molecular complexity index is 427. The van der Waals surface area contributed by atoms with Crippen molar-refractivity contribution in [2.45, 2.75) is 0 Å². The Kier molecular flexibility index (Phi) is 5.47. The van der Waals surface area contributed by atoms with Crippen molar-refractivity contribution in [2.24, 2.45) is 5.84 Å². The molecule has 0 aliphatic rings. The molecule has 0 aromatic heterocycles. The maximum atomic E-state index is 12.5. The van der Waals surface area contributed by atoms with Crippen LogP contribution in [0.3, 0.4) is 0 Å². The van der Waals surface area contributed by atoms with E-state index in [1.165, 1.54) is 0 Å². The van der Waals surface area contributed by atoms with Gasteiger partial charge in [0.15, 0.2) is 17.5 Å². The number of rotatable bonds is 1. The summed E-state index contributed by atoms with van der Waals surface area (Å²) in [5, 5.41) is 14.8. The van der Waals surface area contributed by atoms with Crippen molar-refractivity contribution in [1.29, 1.82) is 0 Å². The number of nitrogens with two attached hydrogens (primary N) is 1. The fourth-order valence-electron chi connectivity index (χ4n) is 0.659. The molecule has 5 N–H and O–H groups in total. The molecule has 0 saturated heterocycles. The molecular formula is C8H7F3N2O4. The molecule has 0 spiro atoms. The van der Waals surface area contributed by atoms with E-state index in [9.17, 15) is 13.2 Å². The first-order valence-electron chi connectivity index (χ1n) is 3.87. The number of nitrogens with one attached hydrogen (secondary N) is 1. The van der Waals surface area contributed by atoms with Gasteiger partial charge in [-0.05, 0) is 12.1 Å². The molecule has 1 aromatic carbocycles. The zero-order chi connectivity index (χ0) is 13.6. The second-order valence-electron chi connectivity index (χ2n) is 2.47. The third-order valence-electron chi connectivity index (χ3n) is 1.37. The van der Waals surface area contributed by atoms with E-state index >= 15 is 0 Å². The summed E-state index contributed by atoms with van der Waals surface area (Å²) in [6.45, 7) is 0. The van der Waals surface area contributed by atoms with Gasteiger partial charge in [0.05, 0.1) is 0 Å². The number of anilines is 1. The Morgan fingerprint density at radius 2 is 1.47 bits per heavy atom. The van der Waals surface area contributed by atoms with E-state index in [1.807, 2.05) is 0 Å². The number of nitrogen functional groups attached to an aromatic ring is 1. The van der Waals surface area contributed by atoms with E-state index in [1.54, 1.807) is 5.43 Å². The third-order valence-corrected chi connectivity index (χ3v) is 1.37. The van der Waals surface area contributed by atoms with Crippen LogP contribution in [-0.4, -0.2) is 22.2 Å². The highest BCUT2D eigenvalue weighted by molar-refractivity contribution is 6.27. The van der Waals surface area contributed by atoms with Crippen LogP contribution in [0.1, 0.15) is 0 Å². The minimum absolute atomic E-state index is 0.662. The first-order valence-corrected chi connectivity index (χ1v) is 3.87. The number of benzene rings is 1. The van der Waals surface area contributed by atoms with E-state index in [-0.39, 0.29) is 0 Å². The molecule has 0 unspecified atom stereocenters. The smallest absolute Gasteiger partial charge is 0.414 e. The predicted octanol–water partition coefficient (Wildman–Crippen LogP) is 0.545. The second kappa shape index (κ2) is 6.33. The molecule has 0 aliphatic heterocycles. The topological polar surface area (TPSA) is 113 Å². The number of carbonyl (C=O) groups is 2. The van der Waals surface area contributed by atoms with Crippen molar-refractivity contribution in [3.63, 3.8) is 0 Å². The van der Waals surface area contributed by atoms with Crippen LogP contribution in [-0.2, 0) is 9.59 Å². The van der Waals surface area contributed by atoms with Crippen LogP contribution < -0.4 is 11.3 Å². The quantitative estimate of drug-likeness (QED) is 0.251. The van der Waals surface area contributed by atoms with Gasteiger partial charge in [0.25, 0.3) is 0 Å². The van der Waals surface area contributed by atoms with Gasteiger partial charge in [0.2, 0.25) is 0 Å². The molecule has 0 radical (unpaired) electrons. The fourth-order valence-corrected chi connectivity index (χ4v) is 0.659. The van der Waals surface area contributed by atoms with Crippen molar-refractivity contribution in [3.8, 4) is 0 Å². The molecule has 0 bridgehead atoms. The van der Waals surface area contributed by atoms with Crippen LogP contribution >= 0.6 is 0 Å². The zero-order valence-electron chi connectivity index (χ0n) is 8.08. The number of aliphatic carboxylic acids is 2. The maximum absolute atomic E-state index is 12.5. The zero-order valence-corrected chi connectivity index (χ0v) is 8.08. The van der Waals surface area contributed by atoms with Gasteiger partial charge in [-0.2, -0.15) is 0 Å². The standard InChI is InChI=1S/C6H5F3N2.C2H2O4/c7-3-1-2-4(8)6(11-10)5(3)9;3-1(4)2(5)6/h1-2,11H,10H2;(H,3,4)(H,5,6). The highest BCUT2D eigenvalue weighted by Gasteiger charge is 2.11. The third kappa shape index (κ3) is 4.38. The fraction of sp³-hybridized carbons (Fsp3) is 0. The van der Waals surface area contributed by atoms with Crippen molar-refractivity contribution in [2.75, 3.05) is 5.43 Å². The number of halogens is 3. The van der Waals surface area contributed by atoms with E-state index in [0.29, 0.717) is 6.07 Å². The van der Waals surface area contributed by atoms with Crippen LogP contribution in [0.4, 0.5) is 18.9 Å². The molecule has 0 saturated carbocycles. The molecule has 0 atom stereocenters. The van der Waals surface area contributed by atoms with Crippen LogP contribution in [0.15, 0.2) is 12.1 Å². The average molecular weight is 252 g/mol. The average Bonchev–Trinajstić information content (AvgIpc) is 2.25. The lowest BCUT2D eigenvalue weighted by Crippen LogP contribution is -2.11. The largest absolute Gasteiger partial charge is 0.473 e. The molecule has 0 fully saturated rings. The lowest BCUT2D eigenvalue weighted by Gasteiger charge is -2.02. The number of hydrogen-bond donors (Lipinski definition) is 4. The van der Waals surface area contributed by atoms with Gasteiger partial charge in [-0.25, -0.2) is 22.8 Å². The summed E-state index contributed by atoms with van der Waals surface area (Å²) >= 11 is 0. The van der Waals surface area contributed by atoms with Gasteiger partial charge in [-0.1, -0.05) is 0 Å². The lowest BCUT2D eigenvalue weighted by molar-refractivity contribution is -0.159. The van der Waals surface area contributed by atoms with E-state index in [2.05, 4.69) is 0 Å². The van der Waals surface area contributed by atoms with Crippen molar-refractivity contribution in [1.82, 2.24) is 0 Å². The monoisotopic (exact) mass is 252 g/mol. The van der Waals surface area contributed by atoms with Gasteiger partial charge < -0.3 is 15.6 Å². The van der Waals surface area contributed by atoms with Crippen molar-refractivity contribution in [3.05, 3.63) is 29.6 Å². The SMILES string of the molecule is NNc1c(F)ccc(F)c1F.O=C(O)C(=O)O. The number of hydrazine groups is 1. The van der Waals surface area contributed by atoms with Crippen LogP contribution in [0.25, 0.3) is 0 Å². The van der Waals surface area contributed by atoms with Gasteiger partial charge in [0.1, 0.15) is 5.69 Å².